The van der Waals surface area contributed by atoms with Crippen LogP contribution in [-0.4, -0.2) is 50.3 Å². The first-order valence-corrected chi connectivity index (χ1v) is 5.34. The van der Waals surface area contributed by atoms with Gasteiger partial charge in [-0.2, -0.15) is 0 Å². The Morgan fingerprint density at radius 1 is 1.12 bits per heavy atom. The van der Waals surface area contributed by atoms with E-state index in [0.717, 1.165) is 0 Å². The summed E-state index contributed by atoms with van der Waals surface area (Å²) in [6, 6.07) is 0. The molecule has 94 valence electrons. The van der Waals surface area contributed by atoms with Gasteiger partial charge in [0.2, 0.25) is 11.8 Å². The summed E-state index contributed by atoms with van der Waals surface area (Å²) in [4.78, 5) is 22.2. The Balaban J connectivity index is 3.36. The summed E-state index contributed by atoms with van der Waals surface area (Å²) in [6.45, 7) is 1.29. The highest BCUT2D eigenvalue weighted by atomic mass is 16.5. The molecule has 0 radical (unpaired) electrons. The van der Waals surface area contributed by atoms with Crippen LogP contribution in [0.15, 0.2) is 0 Å². The number of methoxy groups -OCH3 is 1. The van der Waals surface area contributed by atoms with Crippen molar-refractivity contribution >= 4 is 11.8 Å². The molecule has 0 atom stereocenters. The fourth-order valence-corrected chi connectivity index (χ4v) is 1.02. The third-order valence-corrected chi connectivity index (χ3v) is 1.86. The second-order valence-electron chi connectivity index (χ2n) is 3.27. The Hall–Kier alpha value is -1.14. The third kappa shape index (κ3) is 9.42. The Morgan fingerprint density at radius 2 is 1.75 bits per heavy atom. The highest BCUT2D eigenvalue weighted by molar-refractivity contribution is 5.78. The lowest BCUT2D eigenvalue weighted by molar-refractivity contribution is -0.122. The molecular weight excluding hydrogens is 212 g/mol. The van der Waals surface area contributed by atoms with Crippen LogP contribution in [0.25, 0.3) is 0 Å². The first-order chi connectivity index (χ1) is 7.70. The van der Waals surface area contributed by atoms with Gasteiger partial charge in [0.1, 0.15) is 0 Å². The van der Waals surface area contributed by atoms with Crippen molar-refractivity contribution in [1.29, 1.82) is 0 Å². The number of nitrogens with one attached hydrogen (secondary N) is 2. The third-order valence-electron chi connectivity index (χ3n) is 1.86. The van der Waals surface area contributed by atoms with Crippen molar-refractivity contribution in [3.05, 3.63) is 0 Å². The van der Waals surface area contributed by atoms with Gasteiger partial charge in [0.05, 0.1) is 6.61 Å². The number of amides is 2. The predicted molar refractivity (Wildman–Crippen MR) is 58.8 cm³/mol. The number of aliphatic hydroxyl groups excluding tert-OH is 1. The summed E-state index contributed by atoms with van der Waals surface area (Å²) in [6.07, 6.45) is 1.00. The van der Waals surface area contributed by atoms with Crippen molar-refractivity contribution in [2.45, 2.75) is 19.3 Å². The quantitative estimate of drug-likeness (QED) is 0.446. The van der Waals surface area contributed by atoms with E-state index in [1.807, 2.05) is 0 Å². The number of ether oxygens (including phenoxy) is 1. The fraction of sp³-hybridized carbons (Fsp3) is 0.800. The van der Waals surface area contributed by atoms with Gasteiger partial charge in [-0.05, 0) is 6.42 Å². The van der Waals surface area contributed by atoms with Crippen molar-refractivity contribution < 1.29 is 19.4 Å². The van der Waals surface area contributed by atoms with Gasteiger partial charge >= 0.3 is 0 Å². The highest BCUT2D eigenvalue weighted by Gasteiger charge is 2.03. The molecular formula is C10H20N2O4. The highest BCUT2D eigenvalue weighted by Crippen LogP contribution is 1.87. The fourth-order valence-electron chi connectivity index (χ4n) is 1.02. The van der Waals surface area contributed by atoms with Gasteiger partial charge in [0.25, 0.3) is 0 Å². The van der Waals surface area contributed by atoms with Gasteiger partial charge in [-0.3, -0.25) is 9.59 Å². The van der Waals surface area contributed by atoms with Gasteiger partial charge in [-0.1, -0.05) is 0 Å². The van der Waals surface area contributed by atoms with Crippen molar-refractivity contribution in [1.82, 2.24) is 10.6 Å². The summed E-state index contributed by atoms with van der Waals surface area (Å²) in [5.41, 5.74) is 0. The van der Waals surface area contributed by atoms with E-state index >= 15 is 0 Å². The summed E-state index contributed by atoms with van der Waals surface area (Å²) in [7, 11) is 1.56. The minimum Gasteiger partial charge on any atom is -0.396 e. The molecule has 0 saturated carbocycles. The minimum atomic E-state index is -0.140. The van der Waals surface area contributed by atoms with Crippen LogP contribution in [0.3, 0.4) is 0 Å². The molecule has 0 rings (SSSR count). The average Bonchev–Trinajstić information content (AvgIpc) is 2.26. The van der Waals surface area contributed by atoms with Crippen LogP contribution in [-0.2, 0) is 14.3 Å². The second-order valence-corrected chi connectivity index (χ2v) is 3.27. The second kappa shape index (κ2) is 10.4. The molecule has 0 aliphatic rings. The molecule has 0 aliphatic heterocycles. The number of aliphatic hydroxyl groups is 1. The van der Waals surface area contributed by atoms with E-state index in [2.05, 4.69) is 10.6 Å². The van der Waals surface area contributed by atoms with Gasteiger partial charge in [-0.15, -0.1) is 0 Å². The SMILES string of the molecule is COCCNC(=O)CCNC(=O)CCCO. The van der Waals surface area contributed by atoms with Gasteiger partial charge in [0, 0.05) is 39.6 Å². The van der Waals surface area contributed by atoms with E-state index in [1.165, 1.54) is 0 Å². The van der Waals surface area contributed by atoms with Crippen LogP contribution in [0.5, 0.6) is 0 Å². The first-order valence-electron chi connectivity index (χ1n) is 5.34. The molecule has 16 heavy (non-hydrogen) atoms. The first kappa shape index (κ1) is 14.9. The molecule has 0 fully saturated rings. The van der Waals surface area contributed by atoms with E-state index in [-0.39, 0.29) is 24.8 Å². The van der Waals surface area contributed by atoms with Crippen LogP contribution in [0.2, 0.25) is 0 Å². The Labute approximate surface area is 95.4 Å². The van der Waals surface area contributed by atoms with Crippen molar-refractivity contribution in [2.24, 2.45) is 0 Å². The van der Waals surface area contributed by atoms with Crippen LogP contribution < -0.4 is 10.6 Å². The van der Waals surface area contributed by atoms with Crippen molar-refractivity contribution in [2.75, 3.05) is 33.4 Å². The smallest absolute Gasteiger partial charge is 0.221 e. The molecule has 0 aromatic carbocycles. The summed E-state index contributed by atoms with van der Waals surface area (Å²) >= 11 is 0. The number of carbonyl (C=O) groups excluding carboxylic acids is 2. The molecule has 6 nitrogen and oxygen atoms in total. The molecule has 0 heterocycles. The van der Waals surface area contributed by atoms with Crippen molar-refractivity contribution in [3.8, 4) is 0 Å². The minimum absolute atomic E-state index is 0.00488. The van der Waals surface area contributed by atoms with E-state index in [4.69, 9.17) is 9.84 Å². The van der Waals surface area contributed by atoms with Gasteiger partial charge < -0.3 is 20.5 Å². The van der Waals surface area contributed by atoms with Crippen LogP contribution in [0.4, 0.5) is 0 Å². The number of rotatable bonds is 9. The lowest BCUT2D eigenvalue weighted by atomic mass is 10.3. The molecule has 0 unspecified atom stereocenters. The Kier molecular flexibility index (Phi) is 9.64. The van der Waals surface area contributed by atoms with Crippen molar-refractivity contribution in [3.63, 3.8) is 0 Å². The van der Waals surface area contributed by atoms with E-state index in [0.29, 0.717) is 32.5 Å². The lowest BCUT2D eigenvalue weighted by Gasteiger charge is -2.05. The largest absolute Gasteiger partial charge is 0.396 e. The maximum Gasteiger partial charge on any atom is 0.221 e. The van der Waals surface area contributed by atoms with Crippen LogP contribution >= 0.6 is 0 Å². The maximum atomic E-state index is 11.2. The summed E-state index contributed by atoms with van der Waals surface area (Å²) in [5.74, 6) is -0.252. The number of carbonyl (C=O) groups is 2. The Bertz CT molecular complexity index is 209. The zero-order valence-electron chi connectivity index (χ0n) is 9.62. The molecule has 0 aromatic heterocycles. The molecule has 0 saturated heterocycles. The molecule has 0 bridgehead atoms. The maximum absolute atomic E-state index is 11.2. The molecule has 2 amide bonds. The Morgan fingerprint density at radius 3 is 2.38 bits per heavy atom. The molecule has 3 N–H and O–H groups in total. The predicted octanol–water partition coefficient (Wildman–Crippen LogP) is -0.972. The molecule has 0 aliphatic carbocycles. The normalized spacial score (nSPS) is 9.88. The van der Waals surface area contributed by atoms with Gasteiger partial charge in [0.15, 0.2) is 0 Å². The summed E-state index contributed by atoms with van der Waals surface area (Å²) in [5, 5.41) is 13.7. The van der Waals surface area contributed by atoms with Crippen LogP contribution in [0, 0.1) is 0 Å². The average molecular weight is 232 g/mol. The monoisotopic (exact) mass is 232 g/mol. The zero-order chi connectivity index (χ0) is 12.2. The molecule has 6 heteroatoms. The number of hydrogen-bond acceptors (Lipinski definition) is 4. The van der Waals surface area contributed by atoms with Gasteiger partial charge in [-0.25, -0.2) is 0 Å². The zero-order valence-corrected chi connectivity index (χ0v) is 9.62. The molecule has 0 spiro atoms. The van der Waals surface area contributed by atoms with Crippen LogP contribution in [0.1, 0.15) is 19.3 Å². The van der Waals surface area contributed by atoms with E-state index in [1.54, 1.807) is 7.11 Å². The topological polar surface area (TPSA) is 87.7 Å². The van der Waals surface area contributed by atoms with E-state index in [9.17, 15) is 9.59 Å². The summed E-state index contributed by atoms with van der Waals surface area (Å²) < 4.78 is 4.77. The van der Waals surface area contributed by atoms with E-state index < -0.39 is 0 Å². The molecule has 0 aromatic rings. The lowest BCUT2D eigenvalue weighted by Crippen LogP contribution is -2.32. The standard InChI is InChI=1S/C10H20N2O4/c1-16-8-6-12-10(15)4-5-11-9(14)3-2-7-13/h13H,2-8H2,1H3,(H,11,14)(H,12,15). The number of hydrogen-bond donors (Lipinski definition) is 3.